The number of hydrogen-bond acceptors (Lipinski definition) is 3. The summed E-state index contributed by atoms with van der Waals surface area (Å²) >= 11 is 0. The van der Waals surface area contributed by atoms with Crippen LogP contribution < -0.4 is 5.32 Å². The molecule has 1 saturated heterocycles. The summed E-state index contributed by atoms with van der Waals surface area (Å²) in [4.78, 5) is 11.2. The number of piperidine rings is 1. The lowest BCUT2D eigenvalue weighted by molar-refractivity contribution is -0.119. The monoisotopic (exact) mass is 203 g/mol. The fourth-order valence-electron chi connectivity index (χ4n) is 1.60. The predicted molar refractivity (Wildman–Crippen MR) is 58.3 cm³/mol. The highest BCUT2D eigenvalue weighted by Gasteiger charge is 2.11. The summed E-state index contributed by atoms with van der Waals surface area (Å²) in [6, 6.07) is 6.92. The van der Waals surface area contributed by atoms with Crippen LogP contribution in [-0.4, -0.2) is 17.4 Å². The smallest absolute Gasteiger partial charge is 0.140 e. The molecular formula is C12H13NO2. The lowest BCUT2D eigenvalue weighted by atomic mass is 10.1. The van der Waals surface area contributed by atoms with Crippen molar-refractivity contribution >= 4 is 11.9 Å². The molecule has 0 atom stereocenters. The number of carbonyl (C=O) groups is 1. The normalized spacial score (nSPS) is 18.9. The molecule has 1 fully saturated rings. The first-order valence-electron chi connectivity index (χ1n) is 4.99. The summed E-state index contributed by atoms with van der Waals surface area (Å²) in [6.07, 6.45) is 3.05. The van der Waals surface area contributed by atoms with Gasteiger partial charge >= 0.3 is 0 Å². The maximum atomic E-state index is 11.2. The number of phenolic OH excluding ortho intramolecular Hbond substituents is 1. The van der Waals surface area contributed by atoms with E-state index in [0.29, 0.717) is 12.8 Å². The van der Waals surface area contributed by atoms with Crippen LogP contribution in [0.5, 0.6) is 5.75 Å². The Kier molecular flexibility index (Phi) is 2.72. The van der Waals surface area contributed by atoms with Gasteiger partial charge in [0, 0.05) is 25.1 Å². The number of allylic oxidation sites excluding steroid dienone is 1. The van der Waals surface area contributed by atoms with E-state index >= 15 is 0 Å². The summed E-state index contributed by atoms with van der Waals surface area (Å²) < 4.78 is 0. The topological polar surface area (TPSA) is 49.3 Å². The molecule has 0 saturated carbocycles. The van der Waals surface area contributed by atoms with Crippen LogP contribution in [0, 0.1) is 0 Å². The van der Waals surface area contributed by atoms with Gasteiger partial charge in [0.15, 0.2) is 0 Å². The third kappa shape index (κ3) is 2.59. The van der Waals surface area contributed by atoms with Crippen molar-refractivity contribution in [1.29, 1.82) is 0 Å². The molecule has 15 heavy (non-hydrogen) atoms. The van der Waals surface area contributed by atoms with Crippen LogP contribution in [0.25, 0.3) is 6.08 Å². The standard InChI is InChI=1S/C12H13NO2/c14-11-3-1-9(2-4-11)7-10-8-12(15)5-6-13-10/h1-4,7,13-14H,5-6,8H2/b10-7-. The number of nitrogens with one attached hydrogen (secondary N) is 1. The minimum atomic E-state index is 0.254. The summed E-state index contributed by atoms with van der Waals surface area (Å²) in [5.74, 6) is 0.531. The minimum Gasteiger partial charge on any atom is -0.508 e. The van der Waals surface area contributed by atoms with Gasteiger partial charge in [-0.15, -0.1) is 0 Å². The SMILES string of the molecule is O=C1CCN/C(=C\c2ccc(O)cc2)C1. The Morgan fingerprint density at radius 3 is 2.67 bits per heavy atom. The Labute approximate surface area is 88.4 Å². The van der Waals surface area contributed by atoms with E-state index in [1.807, 2.05) is 18.2 Å². The Balaban J connectivity index is 2.15. The number of carbonyl (C=O) groups excluding carboxylic acids is 1. The summed E-state index contributed by atoms with van der Waals surface area (Å²) in [7, 11) is 0. The molecular weight excluding hydrogens is 190 g/mol. The van der Waals surface area contributed by atoms with Crippen molar-refractivity contribution in [2.45, 2.75) is 12.8 Å². The number of rotatable bonds is 1. The minimum absolute atomic E-state index is 0.254. The number of ketones is 1. The van der Waals surface area contributed by atoms with Crippen molar-refractivity contribution < 1.29 is 9.90 Å². The van der Waals surface area contributed by atoms with Crippen LogP contribution in [0.2, 0.25) is 0 Å². The highest BCUT2D eigenvalue weighted by atomic mass is 16.3. The molecule has 1 aromatic rings. The average Bonchev–Trinajstić information content (AvgIpc) is 2.22. The van der Waals surface area contributed by atoms with Crippen LogP contribution in [0.3, 0.4) is 0 Å². The molecule has 1 heterocycles. The van der Waals surface area contributed by atoms with E-state index < -0.39 is 0 Å². The van der Waals surface area contributed by atoms with E-state index in [9.17, 15) is 4.79 Å². The molecule has 78 valence electrons. The summed E-state index contributed by atoms with van der Waals surface area (Å²) in [6.45, 7) is 0.725. The Bertz CT molecular complexity index is 393. The van der Waals surface area contributed by atoms with Gasteiger partial charge in [-0.05, 0) is 23.8 Å². The number of Topliss-reactive ketones (excluding diaryl/α,β-unsaturated/α-hetero) is 1. The van der Waals surface area contributed by atoms with Crippen LogP contribution in [-0.2, 0) is 4.79 Å². The van der Waals surface area contributed by atoms with Crippen molar-refractivity contribution in [3.05, 3.63) is 35.5 Å². The largest absolute Gasteiger partial charge is 0.508 e. The quantitative estimate of drug-likeness (QED) is 0.730. The van der Waals surface area contributed by atoms with E-state index in [2.05, 4.69) is 5.32 Å². The fourth-order valence-corrected chi connectivity index (χ4v) is 1.60. The average molecular weight is 203 g/mol. The molecule has 2 rings (SSSR count). The Morgan fingerprint density at radius 2 is 2.00 bits per heavy atom. The van der Waals surface area contributed by atoms with E-state index in [1.54, 1.807) is 12.1 Å². The van der Waals surface area contributed by atoms with Crippen LogP contribution in [0.15, 0.2) is 30.0 Å². The molecule has 1 aliphatic rings. The number of benzene rings is 1. The van der Waals surface area contributed by atoms with Crippen molar-refractivity contribution in [3.63, 3.8) is 0 Å². The summed E-state index contributed by atoms with van der Waals surface area (Å²) in [5, 5.41) is 12.3. The zero-order valence-electron chi connectivity index (χ0n) is 8.36. The van der Waals surface area contributed by atoms with Gasteiger partial charge in [-0.25, -0.2) is 0 Å². The van der Waals surface area contributed by atoms with Gasteiger partial charge in [0.25, 0.3) is 0 Å². The maximum absolute atomic E-state index is 11.2. The van der Waals surface area contributed by atoms with Crippen LogP contribution in [0.4, 0.5) is 0 Å². The molecule has 0 bridgehead atoms. The van der Waals surface area contributed by atoms with Crippen molar-refractivity contribution in [2.75, 3.05) is 6.54 Å². The third-order valence-corrected chi connectivity index (χ3v) is 2.38. The van der Waals surface area contributed by atoms with E-state index in [1.165, 1.54) is 0 Å². The Morgan fingerprint density at radius 1 is 1.27 bits per heavy atom. The molecule has 0 unspecified atom stereocenters. The Hall–Kier alpha value is -1.77. The first-order valence-corrected chi connectivity index (χ1v) is 4.99. The van der Waals surface area contributed by atoms with Gasteiger partial charge in [-0.2, -0.15) is 0 Å². The summed E-state index contributed by atoms with van der Waals surface area (Å²) in [5.41, 5.74) is 1.95. The zero-order valence-corrected chi connectivity index (χ0v) is 8.36. The van der Waals surface area contributed by atoms with Gasteiger partial charge < -0.3 is 10.4 Å². The molecule has 1 aliphatic heterocycles. The second kappa shape index (κ2) is 4.17. The molecule has 2 N–H and O–H groups in total. The van der Waals surface area contributed by atoms with E-state index in [4.69, 9.17) is 5.11 Å². The second-order valence-electron chi connectivity index (χ2n) is 3.65. The highest BCUT2D eigenvalue weighted by molar-refractivity contribution is 5.83. The molecule has 3 nitrogen and oxygen atoms in total. The van der Waals surface area contributed by atoms with Gasteiger partial charge in [-0.3, -0.25) is 4.79 Å². The zero-order chi connectivity index (χ0) is 10.7. The predicted octanol–water partition coefficient (Wildman–Crippen LogP) is 1.69. The molecule has 0 spiro atoms. The van der Waals surface area contributed by atoms with Crippen LogP contribution in [0.1, 0.15) is 18.4 Å². The molecule has 0 amide bonds. The van der Waals surface area contributed by atoms with Crippen molar-refractivity contribution in [3.8, 4) is 5.75 Å². The number of aromatic hydroxyl groups is 1. The first-order chi connectivity index (χ1) is 7.24. The lowest BCUT2D eigenvalue weighted by Crippen LogP contribution is -2.25. The van der Waals surface area contributed by atoms with Crippen molar-refractivity contribution in [2.24, 2.45) is 0 Å². The second-order valence-corrected chi connectivity index (χ2v) is 3.65. The van der Waals surface area contributed by atoms with Gasteiger partial charge in [0.2, 0.25) is 0 Å². The molecule has 0 aromatic heterocycles. The number of phenols is 1. The lowest BCUT2D eigenvalue weighted by Gasteiger charge is -2.15. The van der Waals surface area contributed by atoms with Crippen molar-refractivity contribution in [1.82, 2.24) is 5.32 Å². The first kappa shape index (κ1) is 9.77. The number of hydrogen-bond donors (Lipinski definition) is 2. The van der Waals surface area contributed by atoms with Crippen LogP contribution >= 0.6 is 0 Å². The van der Waals surface area contributed by atoms with E-state index in [-0.39, 0.29) is 11.5 Å². The van der Waals surface area contributed by atoms with Gasteiger partial charge in [-0.1, -0.05) is 12.1 Å². The molecule has 3 heteroatoms. The maximum Gasteiger partial charge on any atom is 0.140 e. The van der Waals surface area contributed by atoms with Gasteiger partial charge in [0.05, 0.1) is 0 Å². The van der Waals surface area contributed by atoms with Gasteiger partial charge in [0.1, 0.15) is 11.5 Å². The molecule has 1 aromatic carbocycles. The molecule has 0 aliphatic carbocycles. The van der Waals surface area contributed by atoms with E-state index in [0.717, 1.165) is 17.8 Å². The highest BCUT2D eigenvalue weighted by Crippen LogP contribution is 2.15. The fraction of sp³-hybridized carbons (Fsp3) is 0.250. The molecule has 0 radical (unpaired) electrons. The third-order valence-electron chi connectivity index (χ3n) is 2.38.